The highest BCUT2D eigenvalue weighted by atomic mass is 32.2. The van der Waals surface area contributed by atoms with E-state index in [9.17, 15) is 27.9 Å². The Hall–Kier alpha value is -4.45. The summed E-state index contributed by atoms with van der Waals surface area (Å²) in [6.07, 6.45) is 1.21. The quantitative estimate of drug-likeness (QED) is 0.320. The molecule has 4 amide bonds. The third-order valence-corrected chi connectivity index (χ3v) is 9.06. The summed E-state index contributed by atoms with van der Waals surface area (Å²) >= 11 is 0. The Morgan fingerprint density at radius 3 is 2.27 bits per heavy atom. The number of pyridine rings is 1. The zero-order valence-electron chi connectivity index (χ0n) is 25.6. The Morgan fingerprint density at radius 2 is 1.73 bits per heavy atom. The van der Waals surface area contributed by atoms with Gasteiger partial charge in [-0.2, -0.15) is 0 Å². The lowest BCUT2D eigenvalue weighted by molar-refractivity contribution is -0.145. The van der Waals surface area contributed by atoms with Gasteiger partial charge in [0.25, 0.3) is 0 Å². The molecule has 1 fully saturated rings. The summed E-state index contributed by atoms with van der Waals surface area (Å²) in [6.45, 7) is 7.43. The van der Waals surface area contributed by atoms with Crippen LogP contribution in [0.4, 0.5) is 15.4 Å². The van der Waals surface area contributed by atoms with Gasteiger partial charge in [-0.25, -0.2) is 27.9 Å². The van der Waals surface area contributed by atoms with Crippen LogP contribution < -0.4 is 15.0 Å². The van der Waals surface area contributed by atoms with E-state index < -0.39 is 50.6 Å². The molecule has 3 aromatic rings. The van der Waals surface area contributed by atoms with Crippen LogP contribution in [0, 0.1) is 5.92 Å². The van der Waals surface area contributed by atoms with Gasteiger partial charge in [0.15, 0.2) is 15.2 Å². The number of methoxy groups -OCH3 is 1. The van der Waals surface area contributed by atoms with Crippen LogP contribution in [0.3, 0.4) is 0 Å². The van der Waals surface area contributed by atoms with E-state index in [1.54, 1.807) is 44.4 Å². The molecule has 1 aliphatic heterocycles. The Morgan fingerprint density at radius 1 is 1.09 bits per heavy atom. The molecule has 4 rings (SSSR count). The van der Waals surface area contributed by atoms with Crippen LogP contribution in [0.25, 0.3) is 0 Å². The van der Waals surface area contributed by atoms with Gasteiger partial charge in [-0.15, -0.1) is 0 Å². The van der Waals surface area contributed by atoms with Gasteiger partial charge < -0.3 is 15.2 Å². The first-order chi connectivity index (χ1) is 20.6. The van der Waals surface area contributed by atoms with Gasteiger partial charge in [-0.1, -0.05) is 63.2 Å². The second-order valence-electron chi connectivity index (χ2n) is 12.0. The third kappa shape index (κ3) is 6.85. The van der Waals surface area contributed by atoms with Crippen molar-refractivity contribution in [2.75, 3.05) is 18.3 Å². The summed E-state index contributed by atoms with van der Waals surface area (Å²) in [5, 5.41) is 11.6. The van der Waals surface area contributed by atoms with Crippen molar-refractivity contribution in [2.45, 2.75) is 57.5 Å². The van der Waals surface area contributed by atoms with Crippen molar-refractivity contribution in [3.63, 3.8) is 0 Å². The first-order valence-electron chi connectivity index (χ1n) is 14.1. The molecule has 1 aliphatic rings. The molecule has 2 N–H and O–H groups in total. The lowest BCUT2D eigenvalue weighted by Crippen LogP contribution is -2.68. The van der Waals surface area contributed by atoms with Crippen LogP contribution in [0.1, 0.15) is 56.0 Å². The lowest BCUT2D eigenvalue weighted by atomic mass is 9.80. The molecule has 12 heteroatoms. The zero-order valence-corrected chi connectivity index (χ0v) is 26.5. The second kappa shape index (κ2) is 12.7. The number of sulfone groups is 1. The fraction of sp³-hybridized carbons (Fsp3) is 0.375. The van der Waals surface area contributed by atoms with Crippen molar-refractivity contribution < 1.29 is 32.6 Å². The van der Waals surface area contributed by atoms with Gasteiger partial charge in [0, 0.05) is 18.0 Å². The molecule has 2 heterocycles. The molecular weight excluding hydrogens is 584 g/mol. The fourth-order valence-corrected chi connectivity index (χ4v) is 6.95. The normalized spacial score (nSPS) is 17.4. The fourth-order valence-electron chi connectivity index (χ4n) is 5.56. The molecule has 0 unspecified atom stereocenters. The van der Waals surface area contributed by atoms with Gasteiger partial charge in [0.2, 0.25) is 5.91 Å². The molecule has 0 aliphatic carbocycles. The number of likely N-dealkylation sites (tertiary alicyclic amines) is 1. The smallest absolute Gasteiger partial charge is 0.413 e. The topological polar surface area (TPSA) is 146 Å². The molecule has 11 nitrogen and oxygen atoms in total. The lowest BCUT2D eigenvalue weighted by Gasteiger charge is -2.45. The van der Waals surface area contributed by atoms with Crippen molar-refractivity contribution in [2.24, 2.45) is 5.92 Å². The summed E-state index contributed by atoms with van der Waals surface area (Å²) in [7, 11) is -2.34. The number of carboxylic acid groups (broad SMARTS) is 1. The first kappa shape index (κ1) is 32.5. The monoisotopic (exact) mass is 622 g/mol. The summed E-state index contributed by atoms with van der Waals surface area (Å²) in [5.41, 5.74) is 2.02. The predicted molar refractivity (Wildman–Crippen MR) is 166 cm³/mol. The number of nitrogens with zero attached hydrogens (tertiary/aromatic N) is 3. The number of aromatic nitrogens is 1. The third-order valence-electron chi connectivity index (χ3n) is 7.64. The maximum atomic E-state index is 13.4. The maximum absolute atomic E-state index is 13.4. The molecule has 3 atom stereocenters. The van der Waals surface area contributed by atoms with Crippen molar-refractivity contribution in [3.05, 3.63) is 89.1 Å². The molecule has 234 valence electrons. The van der Waals surface area contributed by atoms with Crippen LogP contribution in [-0.2, 0) is 33.0 Å². The van der Waals surface area contributed by atoms with Gasteiger partial charge in [0.05, 0.1) is 25.6 Å². The second-order valence-corrected chi connectivity index (χ2v) is 14.1. The van der Waals surface area contributed by atoms with E-state index in [0.29, 0.717) is 22.4 Å². The molecule has 2 aromatic carbocycles. The van der Waals surface area contributed by atoms with E-state index in [1.807, 2.05) is 51.1 Å². The summed E-state index contributed by atoms with van der Waals surface area (Å²) < 4.78 is 31.1. The Balaban J connectivity index is 1.66. The Labute approximate surface area is 257 Å². The number of hydrogen-bond donors (Lipinski definition) is 2. The summed E-state index contributed by atoms with van der Waals surface area (Å²) in [4.78, 5) is 45.5. The number of rotatable bonds is 9. The van der Waals surface area contributed by atoms with Crippen LogP contribution in [-0.4, -0.2) is 60.2 Å². The minimum absolute atomic E-state index is 0.000726. The number of nitrogens with one attached hydrogen (secondary N) is 1. The minimum atomic E-state index is -3.88. The van der Waals surface area contributed by atoms with Gasteiger partial charge in [-0.3, -0.25) is 9.69 Å². The maximum Gasteiger partial charge on any atom is 0.413 e. The summed E-state index contributed by atoms with van der Waals surface area (Å²) in [6, 6.07) is 16.5. The standard InChI is InChI=1S/C32H38N4O7S/c1-20(22-10-8-7-9-11-22)34-30(38)36-28(37)25(29(36)44(6,41)42)18-23-16-17-33-27(26(23)32(2,3)4)35(31(39)40)19-21-12-14-24(43-5)15-13-21/h7-17,20,25,29H,18-19H2,1-6H3,(H,34,38)(H,39,40)/t20-,25+,29-/m1/s1. The van der Waals surface area contributed by atoms with Crippen LogP contribution in [0.2, 0.25) is 0 Å². The van der Waals surface area contributed by atoms with Gasteiger partial charge in [0.1, 0.15) is 11.6 Å². The van der Waals surface area contributed by atoms with Crippen molar-refractivity contribution >= 4 is 33.7 Å². The summed E-state index contributed by atoms with van der Waals surface area (Å²) in [5.74, 6) is -0.843. The molecule has 0 spiro atoms. The van der Waals surface area contributed by atoms with Gasteiger partial charge >= 0.3 is 12.1 Å². The van der Waals surface area contributed by atoms with Crippen molar-refractivity contribution in [1.82, 2.24) is 15.2 Å². The number of hydrogen-bond acceptors (Lipinski definition) is 7. The van der Waals surface area contributed by atoms with E-state index in [1.165, 1.54) is 6.20 Å². The highest BCUT2D eigenvalue weighted by molar-refractivity contribution is 7.91. The minimum Gasteiger partial charge on any atom is -0.497 e. The number of ether oxygens (including phenoxy) is 1. The molecule has 0 saturated carbocycles. The number of benzene rings is 2. The number of β-lactam (4-membered cyclic amide) rings is 1. The Kier molecular flexibility index (Phi) is 9.33. The molecule has 1 saturated heterocycles. The Bertz CT molecular complexity index is 1640. The number of carbonyl (C=O) groups is 3. The highest BCUT2D eigenvalue weighted by Gasteiger charge is 2.56. The predicted octanol–water partition coefficient (Wildman–Crippen LogP) is 4.91. The molecule has 1 aromatic heterocycles. The number of urea groups is 1. The number of amides is 4. The van der Waals surface area contributed by atoms with Crippen molar-refractivity contribution in [1.29, 1.82) is 0 Å². The van der Waals surface area contributed by atoms with Crippen LogP contribution in [0.15, 0.2) is 66.9 Å². The SMILES string of the molecule is COc1ccc(CN(C(=O)O)c2nccc(C[C@H]3C(=O)N(C(=O)N[C@H](C)c4ccccc4)[C@@H]3S(C)(=O)=O)c2C(C)(C)C)cc1. The van der Waals surface area contributed by atoms with E-state index in [4.69, 9.17) is 4.74 Å². The van der Waals surface area contributed by atoms with Crippen LogP contribution in [0.5, 0.6) is 5.75 Å². The highest BCUT2D eigenvalue weighted by Crippen LogP contribution is 2.39. The average Bonchev–Trinajstić information content (AvgIpc) is 2.96. The van der Waals surface area contributed by atoms with Gasteiger partial charge in [-0.05, 0) is 53.6 Å². The zero-order chi connectivity index (χ0) is 32.4. The van der Waals surface area contributed by atoms with E-state index in [2.05, 4.69) is 10.3 Å². The molecule has 44 heavy (non-hydrogen) atoms. The molecular formula is C32H38N4O7S. The number of anilines is 1. The average molecular weight is 623 g/mol. The van der Waals surface area contributed by atoms with E-state index >= 15 is 0 Å². The number of imide groups is 1. The largest absolute Gasteiger partial charge is 0.497 e. The van der Waals surface area contributed by atoms with E-state index in [0.717, 1.165) is 21.6 Å². The van der Waals surface area contributed by atoms with Crippen LogP contribution >= 0.6 is 0 Å². The van der Waals surface area contributed by atoms with E-state index in [-0.39, 0.29) is 18.8 Å². The van der Waals surface area contributed by atoms with Crippen molar-refractivity contribution in [3.8, 4) is 5.75 Å². The molecule has 0 bridgehead atoms. The number of carbonyl (C=O) groups excluding carboxylic acids is 2. The first-order valence-corrected chi connectivity index (χ1v) is 16.1. The molecule has 0 radical (unpaired) electrons.